The van der Waals surface area contributed by atoms with E-state index in [1.807, 2.05) is 30.3 Å². The number of carbonyl (C=O) groups is 3. The summed E-state index contributed by atoms with van der Waals surface area (Å²) in [5.41, 5.74) is 7.45. The second-order valence-corrected chi connectivity index (χ2v) is 6.23. The third-order valence-corrected chi connectivity index (χ3v) is 4.17. The highest BCUT2D eigenvalue weighted by atomic mass is 16.5. The van der Waals surface area contributed by atoms with E-state index in [0.29, 0.717) is 11.3 Å². The molecule has 0 aliphatic heterocycles. The molecular formula is C21H19N3O4. The van der Waals surface area contributed by atoms with Crippen LogP contribution in [0.25, 0.3) is 10.9 Å². The Balaban J connectivity index is 1.60. The van der Waals surface area contributed by atoms with Crippen LogP contribution in [0.15, 0.2) is 60.8 Å². The van der Waals surface area contributed by atoms with Crippen LogP contribution in [0.1, 0.15) is 22.8 Å². The molecule has 0 aliphatic carbocycles. The van der Waals surface area contributed by atoms with E-state index in [2.05, 4.69) is 10.3 Å². The van der Waals surface area contributed by atoms with Crippen molar-refractivity contribution in [2.75, 3.05) is 5.32 Å². The second kappa shape index (κ2) is 8.30. The molecule has 3 aromatic rings. The van der Waals surface area contributed by atoms with Crippen molar-refractivity contribution in [2.24, 2.45) is 5.73 Å². The number of nitrogens with zero attached hydrogens (tertiary/aromatic N) is 1. The molecule has 0 aliphatic rings. The first-order chi connectivity index (χ1) is 13.4. The minimum absolute atomic E-state index is 0.0132. The molecule has 1 aromatic heterocycles. The van der Waals surface area contributed by atoms with E-state index in [4.69, 9.17) is 10.5 Å². The maximum Gasteiger partial charge on any atom is 0.311 e. The van der Waals surface area contributed by atoms with Crippen molar-refractivity contribution in [2.45, 2.75) is 19.4 Å². The van der Waals surface area contributed by atoms with Gasteiger partial charge >= 0.3 is 5.97 Å². The first-order valence-corrected chi connectivity index (χ1v) is 8.67. The molecule has 7 nitrogen and oxygen atoms in total. The third-order valence-electron chi connectivity index (χ3n) is 4.17. The molecular weight excluding hydrogens is 358 g/mol. The standard InChI is InChI=1S/C21H19N3O4/c1-13(21(27)24-17-9-7-15(8-10-17)20(22)26)28-18(25)12-16-5-2-4-14-6-3-11-23-19(14)16/h2-11,13H,12H2,1H3,(H2,22,26)(H,24,27). The molecule has 0 bridgehead atoms. The molecule has 0 saturated heterocycles. The number of benzene rings is 2. The summed E-state index contributed by atoms with van der Waals surface area (Å²) in [4.78, 5) is 39.9. The fourth-order valence-electron chi connectivity index (χ4n) is 2.72. The van der Waals surface area contributed by atoms with Gasteiger partial charge in [0.05, 0.1) is 11.9 Å². The van der Waals surface area contributed by atoms with Crippen molar-refractivity contribution in [3.63, 3.8) is 0 Å². The lowest BCUT2D eigenvalue weighted by Gasteiger charge is -2.14. The number of primary amides is 1. The molecule has 2 aromatic carbocycles. The zero-order valence-corrected chi connectivity index (χ0v) is 15.2. The van der Waals surface area contributed by atoms with E-state index in [1.54, 1.807) is 18.3 Å². The highest BCUT2D eigenvalue weighted by Gasteiger charge is 2.19. The molecule has 2 amide bonds. The first kappa shape index (κ1) is 19.0. The molecule has 1 heterocycles. The van der Waals surface area contributed by atoms with E-state index in [9.17, 15) is 14.4 Å². The summed E-state index contributed by atoms with van der Waals surface area (Å²) in [6, 6.07) is 15.4. The lowest BCUT2D eigenvalue weighted by Crippen LogP contribution is -2.30. The number of anilines is 1. The molecule has 0 radical (unpaired) electrons. The number of rotatable bonds is 6. The summed E-state index contributed by atoms with van der Waals surface area (Å²) in [5.74, 6) is -1.55. The van der Waals surface area contributed by atoms with Gasteiger partial charge in [-0.05, 0) is 42.8 Å². The Morgan fingerprint density at radius 2 is 1.79 bits per heavy atom. The minimum atomic E-state index is -0.980. The Kier molecular flexibility index (Phi) is 5.64. The highest BCUT2D eigenvalue weighted by molar-refractivity contribution is 5.97. The summed E-state index contributed by atoms with van der Waals surface area (Å²) in [7, 11) is 0. The number of nitrogens with one attached hydrogen (secondary N) is 1. The molecule has 3 N–H and O–H groups in total. The number of aromatic nitrogens is 1. The quantitative estimate of drug-likeness (QED) is 0.641. The average molecular weight is 377 g/mol. The SMILES string of the molecule is CC(OC(=O)Cc1cccc2cccnc12)C(=O)Nc1ccc(C(N)=O)cc1. The number of hydrogen-bond donors (Lipinski definition) is 2. The van der Waals surface area contributed by atoms with E-state index in [1.165, 1.54) is 19.1 Å². The summed E-state index contributed by atoms with van der Waals surface area (Å²) < 4.78 is 5.25. The Labute approximate surface area is 161 Å². The van der Waals surface area contributed by atoms with E-state index >= 15 is 0 Å². The van der Waals surface area contributed by atoms with Gasteiger partial charge in [-0.25, -0.2) is 0 Å². The molecule has 1 unspecified atom stereocenters. The van der Waals surface area contributed by atoms with Gasteiger partial charge < -0.3 is 15.8 Å². The predicted molar refractivity (Wildman–Crippen MR) is 105 cm³/mol. The Morgan fingerprint density at radius 3 is 2.50 bits per heavy atom. The number of amides is 2. The lowest BCUT2D eigenvalue weighted by molar-refractivity contribution is -0.152. The molecule has 0 fully saturated rings. The van der Waals surface area contributed by atoms with Crippen LogP contribution in [-0.4, -0.2) is 28.9 Å². The van der Waals surface area contributed by atoms with Crippen molar-refractivity contribution in [3.05, 3.63) is 71.9 Å². The zero-order valence-electron chi connectivity index (χ0n) is 15.2. The van der Waals surface area contributed by atoms with Gasteiger partial charge in [0.1, 0.15) is 0 Å². The van der Waals surface area contributed by atoms with Crippen LogP contribution < -0.4 is 11.1 Å². The maximum absolute atomic E-state index is 12.3. The molecule has 0 spiro atoms. The molecule has 7 heteroatoms. The highest BCUT2D eigenvalue weighted by Crippen LogP contribution is 2.17. The topological polar surface area (TPSA) is 111 Å². The number of pyridine rings is 1. The smallest absolute Gasteiger partial charge is 0.311 e. The van der Waals surface area contributed by atoms with Crippen molar-refractivity contribution in [3.8, 4) is 0 Å². The normalized spacial score (nSPS) is 11.6. The first-order valence-electron chi connectivity index (χ1n) is 8.67. The van der Waals surface area contributed by atoms with E-state index in [-0.39, 0.29) is 6.42 Å². The fraction of sp³-hybridized carbons (Fsp3) is 0.143. The third kappa shape index (κ3) is 4.50. The van der Waals surface area contributed by atoms with Crippen molar-refractivity contribution < 1.29 is 19.1 Å². The molecule has 0 saturated carbocycles. The fourth-order valence-corrected chi connectivity index (χ4v) is 2.72. The van der Waals surface area contributed by atoms with E-state index in [0.717, 1.165) is 16.5 Å². The average Bonchev–Trinajstić information content (AvgIpc) is 2.68. The maximum atomic E-state index is 12.3. The van der Waals surface area contributed by atoms with Gasteiger partial charge in [-0.1, -0.05) is 24.3 Å². The number of fused-ring (bicyclic) bond motifs is 1. The predicted octanol–water partition coefficient (Wildman–Crippen LogP) is 2.45. The van der Waals surface area contributed by atoms with Crippen molar-refractivity contribution in [1.29, 1.82) is 0 Å². The number of ether oxygens (including phenoxy) is 1. The minimum Gasteiger partial charge on any atom is -0.452 e. The molecule has 142 valence electrons. The van der Waals surface area contributed by atoms with Gasteiger partial charge in [-0.15, -0.1) is 0 Å². The summed E-state index contributed by atoms with van der Waals surface area (Å²) in [5, 5.41) is 3.55. The van der Waals surface area contributed by atoms with Gasteiger partial charge in [0.25, 0.3) is 5.91 Å². The van der Waals surface area contributed by atoms with E-state index < -0.39 is 23.9 Å². The van der Waals surface area contributed by atoms with Crippen LogP contribution in [-0.2, 0) is 20.7 Å². The summed E-state index contributed by atoms with van der Waals surface area (Å²) in [6.45, 7) is 1.49. The second-order valence-electron chi connectivity index (χ2n) is 6.23. The molecule has 3 rings (SSSR count). The van der Waals surface area contributed by atoms with Crippen LogP contribution in [0.5, 0.6) is 0 Å². The largest absolute Gasteiger partial charge is 0.452 e. The van der Waals surface area contributed by atoms with Gasteiger partial charge in [-0.2, -0.15) is 0 Å². The number of nitrogens with two attached hydrogens (primary N) is 1. The van der Waals surface area contributed by atoms with Crippen LogP contribution in [0, 0.1) is 0 Å². The van der Waals surface area contributed by atoms with Gasteiger partial charge in [0.15, 0.2) is 6.10 Å². The summed E-state index contributed by atoms with van der Waals surface area (Å²) >= 11 is 0. The molecule has 1 atom stereocenters. The number of para-hydroxylation sites is 1. The van der Waals surface area contributed by atoms with Gasteiger partial charge in [0.2, 0.25) is 5.91 Å². The zero-order chi connectivity index (χ0) is 20.1. The Hall–Kier alpha value is -3.74. The number of esters is 1. The monoisotopic (exact) mass is 377 g/mol. The van der Waals surface area contributed by atoms with Crippen molar-refractivity contribution >= 4 is 34.4 Å². The Morgan fingerprint density at radius 1 is 1.07 bits per heavy atom. The van der Waals surface area contributed by atoms with Crippen LogP contribution in [0.3, 0.4) is 0 Å². The van der Waals surface area contributed by atoms with Crippen molar-refractivity contribution in [1.82, 2.24) is 4.98 Å². The molecule has 28 heavy (non-hydrogen) atoms. The van der Waals surface area contributed by atoms with Crippen LogP contribution in [0.4, 0.5) is 5.69 Å². The number of carbonyl (C=O) groups excluding carboxylic acids is 3. The van der Waals surface area contributed by atoms with Crippen LogP contribution >= 0.6 is 0 Å². The lowest BCUT2D eigenvalue weighted by atomic mass is 10.1. The number of hydrogen-bond acceptors (Lipinski definition) is 5. The Bertz CT molecular complexity index is 1030. The summed E-state index contributed by atoms with van der Waals surface area (Å²) in [6.07, 6.45) is 0.696. The van der Waals surface area contributed by atoms with Crippen LogP contribution in [0.2, 0.25) is 0 Å². The van der Waals surface area contributed by atoms with Gasteiger partial charge in [-0.3, -0.25) is 19.4 Å². The van der Waals surface area contributed by atoms with Gasteiger partial charge in [0, 0.05) is 22.8 Å².